The predicted molar refractivity (Wildman–Crippen MR) is 72.2 cm³/mol. The Morgan fingerprint density at radius 1 is 1.47 bits per heavy atom. The van der Waals surface area contributed by atoms with Gasteiger partial charge in [-0.15, -0.1) is 0 Å². The number of nitrogens with zero attached hydrogens (tertiary/aromatic N) is 2. The van der Waals surface area contributed by atoms with Gasteiger partial charge in [0.15, 0.2) is 0 Å². The normalized spacial score (nSPS) is 15.0. The van der Waals surface area contributed by atoms with Gasteiger partial charge in [0.1, 0.15) is 17.9 Å². The summed E-state index contributed by atoms with van der Waals surface area (Å²) in [7, 11) is 0. The quantitative estimate of drug-likeness (QED) is 0.859. The van der Waals surface area contributed by atoms with Crippen molar-refractivity contribution in [2.75, 3.05) is 13.2 Å². The van der Waals surface area contributed by atoms with Gasteiger partial charge in [-0.25, -0.2) is 4.98 Å². The third-order valence-electron chi connectivity index (χ3n) is 3.35. The van der Waals surface area contributed by atoms with Crippen LogP contribution in [0.3, 0.4) is 0 Å². The molecule has 5 heteroatoms. The summed E-state index contributed by atoms with van der Waals surface area (Å²) in [6.45, 7) is 3.88. The average Bonchev–Trinajstić information content (AvgIpc) is 3.09. The van der Waals surface area contributed by atoms with Crippen molar-refractivity contribution in [3.8, 4) is 5.75 Å². The van der Waals surface area contributed by atoms with Gasteiger partial charge in [0.2, 0.25) is 0 Å². The fraction of sp³-hybridized carbons (Fsp3) is 0.429. The summed E-state index contributed by atoms with van der Waals surface area (Å²) in [4.78, 5) is 4.28. The van der Waals surface area contributed by atoms with Crippen LogP contribution in [0.25, 0.3) is 0 Å². The van der Waals surface area contributed by atoms with Crippen molar-refractivity contribution in [3.63, 3.8) is 0 Å². The van der Waals surface area contributed by atoms with Crippen molar-refractivity contribution in [3.05, 3.63) is 41.5 Å². The van der Waals surface area contributed by atoms with Crippen LogP contribution in [0.15, 0.2) is 24.5 Å². The molecule has 2 N–H and O–H groups in total. The third-order valence-corrected chi connectivity index (χ3v) is 3.35. The number of H-pyrrole nitrogens is 1. The number of benzene rings is 1. The molecule has 2 aromatic rings. The number of fused-ring (bicyclic) bond motifs is 1. The average molecular weight is 258 g/mol. The van der Waals surface area contributed by atoms with Crippen LogP contribution in [0.5, 0.6) is 5.75 Å². The minimum atomic E-state index is 0.0633. The molecule has 0 bridgehead atoms. The lowest BCUT2D eigenvalue weighted by Crippen LogP contribution is -2.24. The molecule has 0 saturated carbocycles. The van der Waals surface area contributed by atoms with Crippen molar-refractivity contribution in [2.24, 2.45) is 0 Å². The molecule has 1 unspecified atom stereocenters. The van der Waals surface area contributed by atoms with Gasteiger partial charge in [-0.3, -0.25) is 5.10 Å². The van der Waals surface area contributed by atoms with Crippen LogP contribution < -0.4 is 10.1 Å². The molecule has 1 atom stereocenters. The van der Waals surface area contributed by atoms with Crippen LogP contribution in [-0.4, -0.2) is 28.3 Å². The van der Waals surface area contributed by atoms with E-state index in [0.717, 1.165) is 37.6 Å². The smallest absolute Gasteiger partial charge is 0.145 e. The summed E-state index contributed by atoms with van der Waals surface area (Å²) in [5, 5.41) is 10.4. The van der Waals surface area contributed by atoms with Crippen molar-refractivity contribution >= 4 is 0 Å². The largest absolute Gasteiger partial charge is 0.493 e. The van der Waals surface area contributed by atoms with E-state index in [1.54, 1.807) is 6.33 Å². The molecule has 0 spiro atoms. The van der Waals surface area contributed by atoms with Gasteiger partial charge in [-0.2, -0.15) is 5.10 Å². The Labute approximate surface area is 112 Å². The van der Waals surface area contributed by atoms with Gasteiger partial charge in [0.05, 0.1) is 12.6 Å². The van der Waals surface area contributed by atoms with E-state index in [2.05, 4.69) is 45.6 Å². The Kier molecular flexibility index (Phi) is 3.46. The second-order valence-electron chi connectivity index (χ2n) is 4.72. The zero-order chi connectivity index (χ0) is 13.1. The number of hydrogen-bond donors (Lipinski definition) is 2. The molecule has 5 nitrogen and oxygen atoms in total. The van der Waals surface area contributed by atoms with Crippen LogP contribution >= 0.6 is 0 Å². The molecule has 0 fully saturated rings. The summed E-state index contributed by atoms with van der Waals surface area (Å²) in [6.07, 6.45) is 3.62. The molecular formula is C14H18N4O. The van der Waals surface area contributed by atoms with E-state index in [-0.39, 0.29) is 6.04 Å². The molecular weight excluding hydrogens is 240 g/mol. The minimum absolute atomic E-state index is 0.0633. The van der Waals surface area contributed by atoms with Gasteiger partial charge in [-0.05, 0) is 36.2 Å². The van der Waals surface area contributed by atoms with Gasteiger partial charge in [-0.1, -0.05) is 13.0 Å². The molecule has 0 amide bonds. The standard InChI is InChI=1S/C14H18N4O/c1-2-6-15-13(14-16-9-17-18-14)11-3-4-12-10(8-11)5-7-19-12/h3-4,8-9,13,15H,2,5-7H2,1H3,(H,16,17,18). The molecule has 1 aromatic heterocycles. The van der Waals surface area contributed by atoms with Crippen molar-refractivity contribution < 1.29 is 4.74 Å². The van der Waals surface area contributed by atoms with E-state index in [0.29, 0.717) is 0 Å². The van der Waals surface area contributed by atoms with Crippen LogP contribution in [-0.2, 0) is 6.42 Å². The number of aromatic nitrogens is 3. The molecule has 0 saturated heterocycles. The van der Waals surface area contributed by atoms with Crippen LogP contribution in [0.1, 0.15) is 36.3 Å². The first kappa shape index (κ1) is 12.2. The Bertz CT molecular complexity index is 538. The summed E-state index contributed by atoms with van der Waals surface area (Å²) in [5.41, 5.74) is 2.48. The Hall–Kier alpha value is -1.88. The molecule has 19 heavy (non-hydrogen) atoms. The van der Waals surface area contributed by atoms with E-state index in [1.165, 1.54) is 11.1 Å². The Morgan fingerprint density at radius 3 is 3.21 bits per heavy atom. The van der Waals surface area contributed by atoms with Crippen LogP contribution in [0.4, 0.5) is 0 Å². The van der Waals surface area contributed by atoms with Crippen molar-refractivity contribution in [1.82, 2.24) is 20.5 Å². The summed E-state index contributed by atoms with van der Waals surface area (Å²) in [6, 6.07) is 6.42. The van der Waals surface area contributed by atoms with E-state index >= 15 is 0 Å². The zero-order valence-electron chi connectivity index (χ0n) is 11.0. The van der Waals surface area contributed by atoms with Crippen LogP contribution in [0.2, 0.25) is 0 Å². The van der Waals surface area contributed by atoms with E-state index in [4.69, 9.17) is 4.74 Å². The fourth-order valence-corrected chi connectivity index (χ4v) is 2.40. The first-order valence-corrected chi connectivity index (χ1v) is 6.72. The molecule has 1 aliphatic heterocycles. The Balaban J connectivity index is 1.90. The van der Waals surface area contributed by atoms with Gasteiger partial charge in [0, 0.05) is 6.42 Å². The number of aromatic amines is 1. The SMILES string of the molecule is CCCNC(c1ccc2c(c1)CCO2)c1ncn[nH]1. The molecule has 0 radical (unpaired) electrons. The first-order valence-electron chi connectivity index (χ1n) is 6.72. The fourth-order valence-electron chi connectivity index (χ4n) is 2.40. The maximum absolute atomic E-state index is 5.55. The molecule has 0 aliphatic carbocycles. The summed E-state index contributed by atoms with van der Waals surface area (Å²) in [5.74, 6) is 1.86. The van der Waals surface area contributed by atoms with Gasteiger partial charge in [0.25, 0.3) is 0 Å². The number of rotatable bonds is 5. The highest BCUT2D eigenvalue weighted by molar-refractivity contribution is 5.41. The highest BCUT2D eigenvalue weighted by atomic mass is 16.5. The molecule has 2 heterocycles. The van der Waals surface area contributed by atoms with Crippen molar-refractivity contribution in [2.45, 2.75) is 25.8 Å². The zero-order valence-corrected chi connectivity index (χ0v) is 11.0. The summed E-state index contributed by atoms with van der Waals surface area (Å²) >= 11 is 0. The van der Waals surface area contributed by atoms with E-state index in [9.17, 15) is 0 Å². The second-order valence-corrected chi connectivity index (χ2v) is 4.72. The van der Waals surface area contributed by atoms with E-state index in [1.807, 2.05) is 0 Å². The molecule has 1 aromatic carbocycles. The van der Waals surface area contributed by atoms with Gasteiger partial charge < -0.3 is 10.1 Å². The lowest BCUT2D eigenvalue weighted by molar-refractivity contribution is 0.356. The first-order chi connectivity index (χ1) is 9.38. The summed E-state index contributed by atoms with van der Waals surface area (Å²) < 4.78 is 5.55. The lowest BCUT2D eigenvalue weighted by Gasteiger charge is -2.17. The monoisotopic (exact) mass is 258 g/mol. The predicted octanol–water partition coefficient (Wildman–Crippen LogP) is 1.83. The van der Waals surface area contributed by atoms with Crippen LogP contribution in [0, 0.1) is 0 Å². The maximum atomic E-state index is 5.55. The van der Waals surface area contributed by atoms with E-state index < -0.39 is 0 Å². The number of nitrogens with one attached hydrogen (secondary N) is 2. The third kappa shape index (κ3) is 2.46. The lowest BCUT2D eigenvalue weighted by atomic mass is 10.0. The number of ether oxygens (including phenoxy) is 1. The van der Waals surface area contributed by atoms with Gasteiger partial charge >= 0.3 is 0 Å². The molecule has 1 aliphatic rings. The Morgan fingerprint density at radius 2 is 2.42 bits per heavy atom. The van der Waals surface area contributed by atoms with Crippen molar-refractivity contribution in [1.29, 1.82) is 0 Å². The topological polar surface area (TPSA) is 62.8 Å². The highest BCUT2D eigenvalue weighted by Crippen LogP contribution is 2.29. The highest BCUT2D eigenvalue weighted by Gasteiger charge is 2.19. The number of hydrogen-bond acceptors (Lipinski definition) is 4. The second kappa shape index (κ2) is 5.40. The maximum Gasteiger partial charge on any atom is 0.145 e. The minimum Gasteiger partial charge on any atom is -0.493 e. The molecule has 100 valence electrons. The molecule has 3 rings (SSSR count).